The molecule has 0 radical (unpaired) electrons. The van der Waals surface area contributed by atoms with Crippen LogP contribution >= 0.6 is 0 Å². The van der Waals surface area contributed by atoms with Crippen LogP contribution < -0.4 is 0 Å². The third kappa shape index (κ3) is 3.02. The summed E-state index contributed by atoms with van der Waals surface area (Å²) in [6, 6.07) is 21.1. The highest BCUT2D eigenvalue weighted by atomic mass is 16.3. The quantitative estimate of drug-likeness (QED) is 0.551. The molecule has 0 atom stereocenters. The Morgan fingerprint density at radius 2 is 1.76 bits per heavy atom. The minimum Gasteiger partial charge on any atom is -0.508 e. The largest absolute Gasteiger partial charge is 0.508 e. The lowest BCUT2D eigenvalue weighted by Gasteiger charge is -2.01. The predicted octanol–water partition coefficient (Wildman–Crippen LogP) is 4.77. The van der Waals surface area contributed by atoms with Crippen LogP contribution in [0.15, 0.2) is 77.9 Å². The van der Waals surface area contributed by atoms with E-state index in [1.165, 1.54) is 0 Å². The number of hydrogen-bond donors (Lipinski definition) is 1. The summed E-state index contributed by atoms with van der Waals surface area (Å²) < 4.78 is 1.99. The monoisotopic (exact) mass is 327 g/mol. The van der Waals surface area contributed by atoms with Crippen molar-refractivity contribution in [1.29, 1.82) is 0 Å². The van der Waals surface area contributed by atoms with Gasteiger partial charge in [0.1, 0.15) is 17.1 Å². The lowest BCUT2D eigenvalue weighted by molar-refractivity contribution is 0.475. The second-order valence-electron chi connectivity index (χ2n) is 5.93. The molecule has 0 bridgehead atoms. The van der Waals surface area contributed by atoms with Gasteiger partial charge >= 0.3 is 0 Å². The van der Waals surface area contributed by atoms with E-state index in [1.54, 1.807) is 18.3 Å². The molecule has 0 aliphatic carbocycles. The second kappa shape index (κ2) is 6.24. The summed E-state index contributed by atoms with van der Waals surface area (Å²) in [5.41, 5.74) is 4.82. The first kappa shape index (κ1) is 15.1. The molecule has 0 spiro atoms. The van der Waals surface area contributed by atoms with Crippen molar-refractivity contribution in [2.75, 3.05) is 0 Å². The molecule has 4 nitrogen and oxygen atoms in total. The highest BCUT2D eigenvalue weighted by Gasteiger charge is 2.13. The Kier molecular flexibility index (Phi) is 3.78. The van der Waals surface area contributed by atoms with Gasteiger partial charge in [-0.05, 0) is 54.4 Å². The van der Waals surface area contributed by atoms with Gasteiger partial charge in [-0.15, -0.1) is 0 Å². The Labute approximate surface area is 145 Å². The normalized spacial score (nSPS) is 11.4. The van der Waals surface area contributed by atoms with E-state index in [0.29, 0.717) is 0 Å². The van der Waals surface area contributed by atoms with Crippen LogP contribution in [0.25, 0.3) is 16.9 Å². The summed E-state index contributed by atoms with van der Waals surface area (Å²) in [4.78, 5) is 9.47. The van der Waals surface area contributed by atoms with E-state index in [9.17, 15) is 5.11 Å². The van der Waals surface area contributed by atoms with Crippen LogP contribution in [0.1, 0.15) is 11.1 Å². The number of aliphatic imine (C=N–C) groups is 1. The molecule has 4 rings (SSSR count). The average Bonchev–Trinajstić information content (AvgIpc) is 2.99. The van der Waals surface area contributed by atoms with Crippen molar-refractivity contribution < 1.29 is 5.11 Å². The van der Waals surface area contributed by atoms with Gasteiger partial charge in [0.2, 0.25) is 0 Å². The minimum absolute atomic E-state index is 0.243. The third-order valence-electron chi connectivity index (χ3n) is 4.03. The summed E-state index contributed by atoms with van der Waals surface area (Å²) in [6.07, 6.45) is 3.78. The Balaban J connectivity index is 1.87. The Morgan fingerprint density at radius 3 is 2.52 bits per heavy atom. The molecule has 4 heteroatoms. The highest BCUT2D eigenvalue weighted by molar-refractivity contribution is 5.85. The molecular formula is C21H17N3O. The van der Waals surface area contributed by atoms with Crippen molar-refractivity contribution in [3.05, 3.63) is 84.1 Å². The topological polar surface area (TPSA) is 49.9 Å². The van der Waals surface area contributed by atoms with Gasteiger partial charge < -0.3 is 5.11 Å². The van der Waals surface area contributed by atoms with E-state index in [4.69, 9.17) is 9.98 Å². The first-order valence-corrected chi connectivity index (χ1v) is 8.08. The number of aromatic hydroxyl groups is 1. The lowest BCUT2D eigenvalue weighted by atomic mass is 10.1. The van der Waals surface area contributed by atoms with Crippen molar-refractivity contribution >= 4 is 17.7 Å². The molecule has 2 aromatic carbocycles. The van der Waals surface area contributed by atoms with E-state index in [2.05, 4.69) is 6.92 Å². The summed E-state index contributed by atoms with van der Waals surface area (Å²) >= 11 is 0. The summed E-state index contributed by atoms with van der Waals surface area (Å²) in [6.45, 7) is 2.05. The van der Waals surface area contributed by atoms with Crippen molar-refractivity contribution in [2.24, 2.45) is 4.99 Å². The van der Waals surface area contributed by atoms with E-state index >= 15 is 0 Å². The zero-order valence-corrected chi connectivity index (χ0v) is 13.8. The number of nitrogens with zero attached hydrogens (tertiary/aromatic N) is 3. The second-order valence-corrected chi connectivity index (χ2v) is 5.93. The van der Waals surface area contributed by atoms with Crippen molar-refractivity contribution in [2.45, 2.75) is 6.92 Å². The van der Waals surface area contributed by atoms with E-state index in [1.807, 2.05) is 65.2 Å². The van der Waals surface area contributed by atoms with Crippen LogP contribution in [0.5, 0.6) is 5.75 Å². The Bertz CT molecular complexity index is 1050. The maximum atomic E-state index is 9.41. The Hall–Kier alpha value is -3.40. The number of phenolic OH excluding ortho intramolecular Hbond substituents is 1. The number of phenols is 1. The van der Waals surface area contributed by atoms with Crippen LogP contribution in [0.3, 0.4) is 0 Å². The van der Waals surface area contributed by atoms with Gasteiger partial charge in [0.25, 0.3) is 0 Å². The van der Waals surface area contributed by atoms with Crippen molar-refractivity contribution in [3.8, 4) is 17.0 Å². The predicted molar refractivity (Wildman–Crippen MR) is 101 cm³/mol. The number of aryl methyl sites for hydroxylation is 1. The number of aromatic nitrogens is 2. The molecule has 2 heterocycles. The number of fused-ring (bicyclic) bond motifs is 1. The van der Waals surface area contributed by atoms with Crippen molar-refractivity contribution in [3.63, 3.8) is 0 Å². The molecule has 0 unspecified atom stereocenters. The van der Waals surface area contributed by atoms with Gasteiger partial charge in [0.15, 0.2) is 5.82 Å². The smallest absolute Gasteiger partial charge is 0.165 e. The van der Waals surface area contributed by atoms with Gasteiger partial charge in [-0.25, -0.2) is 9.98 Å². The molecule has 0 fully saturated rings. The van der Waals surface area contributed by atoms with Crippen LogP contribution in [-0.4, -0.2) is 20.7 Å². The van der Waals surface area contributed by atoms with E-state index in [-0.39, 0.29) is 5.75 Å². The minimum atomic E-state index is 0.243. The molecule has 0 amide bonds. The maximum Gasteiger partial charge on any atom is 0.165 e. The van der Waals surface area contributed by atoms with Gasteiger partial charge in [-0.2, -0.15) is 0 Å². The molecular weight excluding hydrogens is 310 g/mol. The van der Waals surface area contributed by atoms with Gasteiger partial charge in [0, 0.05) is 18.0 Å². The number of hydrogen-bond acceptors (Lipinski definition) is 3. The zero-order chi connectivity index (χ0) is 17.2. The van der Waals surface area contributed by atoms with Crippen LogP contribution in [0.4, 0.5) is 5.82 Å². The van der Waals surface area contributed by atoms with Crippen molar-refractivity contribution in [1.82, 2.24) is 9.38 Å². The molecule has 0 saturated heterocycles. The van der Waals surface area contributed by atoms with Crippen LogP contribution in [-0.2, 0) is 0 Å². The number of pyridine rings is 1. The van der Waals surface area contributed by atoms with E-state index < -0.39 is 0 Å². The third-order valence-corrected chi connectivity index (χ3v) is 4.03. The molecule has 0 aliphatic heterocycles. The van der Waals surface area contributed by atoms with Crippen LogP contribution in [0.2, 0.25) is 0 Å². The number of rotatable bonds is 3. The van der Waals surface area contributed by atoms with Gasteiger partial charge in [-0.3, -0.25) is 4.40 Å². The average molecular weight is 327 g/mol. The fourth-order valence-corrected chi connectivity index (χ4v) is 2.74. The molecule has 1 N–H and O–H groups in total. The Morgan fingerprint density at radius 1 is 1.00 bits per heavy atom. The molecule has 2 aromatic heterocycles. The molecule has 122 valence electrons. The molecule has 25 heavy (non-hydrogen) atoms. The highest BCUT2D eigenvalue weighted by Crippen LogP contribution is 2.31. The number of imidazole rings is 1. The van der Waals surface area contributed by atoms with Gasteiger partial charge in [0.05, 0.1) is 0 Å². The fourth-order valence-electron chi connectivity index (χ4n) is 2.74. The fraction of sp³-hybridized carbons (Fsp3) is 0.0476. The standard InChI is InChI=1S/C21H17N3O/c1-15-11-12-24-19(13-15)23-20(17-5-3-2-4-6-17)21(24)22-14-16-7-9-18(25)10-8-16/h2-14,25H,1H3/b22-14+. The first-order chi connectivity index (χ1) is 12.2. The molecule has 4 aromatic rings. The maximum absolute atomic E-state index is 9.41. The first-order valence-electron chi connectivity index (χ1n) is 8.08. The van der Waals surface area contributed by atoms with Crippen LogP contribution in [0, 0.1) is 6.92 Å². The van der Waals surface area contributed by atoms with E-state index in [0.717, 1.165) is 33.8 Å². The summed E-state index contributed by atoms with van der Waals surface area (Å²) in [5, 5.41) is 9.41. The summed E-state index contributed by atoms with van der Waals surface area (Å²) in [7, 11) is 0. The SMILES string of the molecule is Cc1ccn2c(/N=C/c3ccc(O)cc3)c(-c3ccccc3)nc2c1. The zero-order valence-electron chi connectivity index (χ0n) is 13.8. The van der Waals surface area contributed by atoms with Gasteiger partial charge in [-0.1, -0.05) is 30.3 Å². The summed E-state index contributed by atoms with van der Waals surface area (Å²) in [5.74, 6) is 1.03. The molecule has 0 aliphatic rings. The number of benzene rings is 2. The molecule has 0 saturated carbocycles. The lowest BCUT2D eigenvalue weighted by Crippen LogP contribution is -1.86.